The zero-order valence-electron chi connectivity index (χ0n) is 19.6. The highest BCUT2D eigenvalue weighted by Crippen LogP contribution is 2.26. The highest BCUT2D eigenvalue weighted by molar-refractivity contribution is 7.80. The van der Waals surface area contributed by atoms with Gasteiger partial charge in [0.1, 0.15) is 17.5 Å². The largest absolute Gasteiger partial charge is 0.497 e. The van der Waals surface area contributed by atoms with Gasteiger partial charge in [-0.1, -0.05) is 18.2 Å². The number of benzene rings is 3. The van der Waals surface area contributed by atoms with Gasteiger partial charge >= 0.3 is 0 Å². The second-order valence-corrected chi connectivity index (χ2v) is 8.19. The zero-order valence-corrected chi connectivity index (χ0v) is 20.5. The number of methoxy groups -OCH3 is 2. The van der Waals surface area contributed by atoms with Gasteiger partial charge in [-0.3, -0.25) is 24.7 Å². The summed E-state index contributed by atoms with van der Waals surface area (Å²) in [4.78, 5) is 40.6. The molecule has 3 aromatic carbocycles. The predicted octanol–water partition coefficient (Wildman–Crippen LogP) is 3.38. The molecule has 0 radical (unpaired) electrons. The number of carbonyl (C=O) groups excluding carboxylic acids is 3. The van der Waals surface area contributed by atoms with Gasteiger partial charge in [-0.15, -0.1) is 0 Å². The number of hydrazine groups is 1. The predicted molar refractivity (Wildman–Crippen MR) is 139 cm³/mol. The molecule has 1 saturated heterocycles. The molecule has 1 fully saturated rings. The van der Waals surface area contributed by atoms with Crippen LogP contribution in [0.3, 0.4) is 0 Å². The third-order valence-corrected chi connectivity index (χ3v) is 5.93. The van der Waals surface area contributed by atoms with Crippen molar-refractivity contribution >= 4 is 46.4 Å². The van der Waals surface area contributed by atoms with E-state index in [9.17, 15) is 14.4 Å². The number of para-hydroxylation sites is 1. The van der Waals surface area contributed by atoms with E-state index < -0.39 is 23.8 Å². The molecule has 1 unspecified atom stereocenters. The first-order chi connectivity index (χ1) is 17.4. The molecule has 0 aromatic heterocycles. The van der Waals surface area contributed by atoms with Gasteiger partial charge in [0, 0.05) is 11.3 Å². The molecule has 36 heavy (non-hydrogen) atoms. The summed E-state index contributed by atoms with van der Waals surface area (Å²) < 4.78 is 10.3. The molecular weight excluding hydrogens is 480 g/mol. The van der Waals surface area contributed by atoms with Crippen LogP contribution in [-0.2, 0) is 9.59 Å². The number of thiocarbonyl (C=S) groups is 1. The lowest BCUT2D eigenvalue weighted by molar-refractivity contribution is -0.124. The van der Waals surface area contributed by atoms with Crippen molar-refractivity contribution in [3.63, 3.8) is 0 Å². The molecule has 0 bridgehead atoms. The molecule has 1 atom stereocenters. The van der Waals surface area contributed by atoms with Crippen LogP contribution in [-0.4, -0.2) is 48.1 Å². The van der Waals surface area contributed by atoms with Crippen molar-refractivity contribution in [1.82, 2.24) is 10.4 Å². The number of nitrogens with zero attached hydrogens (tertiary/aromatic N) is 2. The Hall–Kier alpha value is -4.44. The van der Waals surface area contributed by atoms with Crippen molar-refractivity contribution in [2.75, 3.05) is 24.4 Å². The van der Waals surface area contributed by atoms with Crippen LogP contribution in [0.4, 0.5) is 11.4 Å². The van der Waals surface area contributed by atoms with E-state index in [-0.39, 0.29) is 11.5 Å². The van der Waals surface area contributed by atoms with Gasteiger partial charge in [-0.05, 0) is 72.9 Å². The molecule has 3 aromatic rings. The molecule has 9 nitrogen and oxygen atoms in total. The molecule has 0 aliphatic carbocycles. The zero-order chi connectivity index (χ0) is 25.7. The maximum absolute atomic E-state index is 13.4. The minimum atomic E-state index is -1.04. The van der Waals surface area contributed by atoms with Crippen molar-refractivity contribution in [2.24, 2.45) is 0 Å². The lowest BCUT2D eigenvalue weighted by atomic mass is 10.1. The lowest BCUT2D eigenvalue weighted by Crippen LogP contribution is -2.49. The van der Waals surface area contributed by atoms with E-state index in [4.69, 9.17) is 21.7 Å². The third kappa shape index (κ3) is 5.28. The van der Waals surface area contributed by atoms with Crippen LogP contribution in [0.5, 0.6) is 11.5 Å². The summed E-state index contributed by atoms with van der Waals surface area (Å²) in [5.74, 6) is -0.0775. The number of hydrogen-bond donors (Lipinski definition) is 2. The summed E-state index contributed by atoms with van der Waals surface area (Å²) in [6, 6.07) is 21.1. The molecule has 1 aliphatic rings. The molecule has 10 heteroatoms. The van der Waals surface area contributed by atoms with Gasteiger partial charge in [-0.2, -0.15) is 0 Å². The van der Waals surface area contributed by atoms with E-state index in [0.29, 0.717) is 28.4 Å². The standard InChI is InChI=1S/C26H24N4O5S/c1-34-20-12-8-17(9-13-20)24(32)28-30-22(16-23(31)27-18-10-14-21(35-2)15-11-18)25(33)29(26(30)36)19-6-4-3-5-7-19/h3-15,22H,16H2,1-2H3,(H,27,31)(H,28,32). The average Bonchev–Trinajstić information content (AvgIpc) is 3.13. The Labute approximate surface area is 213 Å². The van der Waals surface area contributed by atoms with E-state index in [1.807, 2.05) is 6.07 Å². The van der Waals surface area contributed by atoms with Gasteiger partial charge < -0.3 is 14.8 Å². The van der Waals surface area contributed by atoms with E-state index in [2.05, 4.69) is 10.7 Å². The molecule has 2 N–H and O–H groups in total. The number of hydrogen-bond acceptors (Lipinski definition) is 6. The van der Waals surface area contributed by atoms with Crippen molar-refractivity contribution in [2.45, 2.75) is 12.5 Å². The Balaban J connectivity index is 1.56. The topological polar surface area (TPSA) is 100 Å². The van der Waals surface area contributed by atoms with Gasteiger partial charge in [0.25, 0.3) is 11.8 Å². The fraction of sp³-hybridized carbons (Fsp3) is 0.154. The van der Waals surface area contributed by atoms with E-state index in [0.717, 1.165) is 0 Å². The van der Waals surface area contributed by atoms with Crippen molar-refractivity contribution in [3.05, 3.63) is 84.4 Å². The fourth-order valence-corrected chi connectivity index (χ4v) is 4.06. The monoisotopic (exact) mass is 504 g/mol. The maximum atomic E-state index is 13.4. The Morgan fingerprint density at radius 2 is 1.47 bits per heavy atom. The third-order valence-electron chi connectivity index (χ3n) is 5.56. The van der Waals surface area contributed by atoms with Crippen LogP contribution in [0, 0.1) is 0 Å². The minimum Gasteiger partial charge on any atom is -0.497 e. The number of carbonyl (C=O) groups is 3. The van der Waals surface area contributed by atoms with Crippen molar-refractivity contribution in [3.8, 4) is 11.5 Å². The lowest BCUT2D eigenvalue weighted by Gasteiger charge is -2.24. The molecule has 1 aliphatic heterocycles. The highest BCUT2D eigenvalue weighted by Gasteiger charge is 2.45. The second kappa shape index (κ2) is 10.9. The highest BCUT2D eigenvalue weighted by atomic mass is 32.1. The average molecular weight is 505 g/mol. The number of ether oxygens (including phenoxy) is 2. The summed E-state index contributed by atoms with van der Waals surface area (Å²) in [6.07, 6.45) is -0.239. The van der Waals surface area contributed by atoms with Gasteiger partial charge in [-0.25, -0.2) is 5.01 Å². The quantitative estimate of drug-likeness (QED) is 0.454. The van der Waals surface area contributed by atoms with Crippen molar-refractivity contribution < 1.29 is 23.9 Å². The van der Waals surface area contributed by atoms with Gasteiger partial charge in [0.15, 0.2) is 0 Å². The SMILES string of the molecule is COc1ccc(NC(=O)CC2C(=O)N(c3ccccc3)C(=S)N2NC(=O)c2ccc(OC)cc2)cc1. The Kier molecular flexibility index (Phi) is 7.45. The van der Waals surface area contributed by atoms with Crippen LogP contribution in [0.25, 0.3) is 0 Å². The number of nitrogens with one attached hydrogen (secondary N) is 2. The molecule has 3 amide bonds. The van der Waals surface area contributed by atoms with Gasteiger partial charge in [0.2, 0.25) is 11.0 Å². The molecule has 0 saturated carbocycles. The van der Waals surface area contributed by atoms with Crippen LogP contribution >= 0.6 is 12.2 Å². The number of anilines is 2. The van der Waals surface area contributed by atoms with E-state index in [1.165, 1.54) is 17.0 Å². The molecule has 184 valence electrons. The maximum Gasteiger partial charge on any atom is 0.269 e. The Morgan fingerprint density at radius 1 is 0.889 bits per heavy atom. The molecule has 1 heterocycles. The fourth-order valence-electron chi connectivity index (χ4n) is 3.69. The van der Waals surface area contributed by atoms with Crippen LogP contribution < -0.4 is 25.1 Å². The smallest absolute Gasteiger partial charge is 0.269 e. The summed E-state index contributed by atoms with van der Waals surface area (Å²) in [7, 11) is 3.08. The summed E-state index contributed by atoms with van der Waals surface area (Å²) >= 11 is 5.57. The van der Waals surface area contributed by atoms with Crippen LogP contribution in [0.1, 0.15) is 16.8 Å². The first kappa shape index (κ1) is 24.7. The van der Waals surface area contributed by atoms with Crippen LogP contribution in [0.15, 0.2) is 78.9 Å². The first-order valence-corrected chi connectivity index (χ1v) is 11.4. The Morgan fingerprint density at radius 3 is 2.06 bits per heavy atom. The normalized spacial score (nSPS) is 15.0. The first-order valence-electron chi connectivity index (χ1n) is 11.0. The number of amides is 3. The Bertz CT molecular complexity index is 1270. The van der Waals surface area contributed by atoms with Gasteiger partial charge in [0.05, 0.1) is 26.3 Å². The number of rotatable bonds is 8. The van der Waals surface area contributed by atoms with E-state index in [1.54, 1.807) is 79.9 Å². The summed E-state index contributed by atoms with van der Waals surface area (Å²) in [6.45, 7) is 0. The molecule has 4 rings (SSSR count). The molecule has 0 spiro atoms. The molecular formula is C26H24N4O5S. The summed E-state index contributed by atoms with van der Waals surface area (Å²) in [5, 5.41) is 4.10. The van der Waals surface area contributed by atoms with Crippen molar-refractivity contribution in [1.29, 1.82) is 0 Å². The minimum absolute atomic E-state index is 0.0651. The summed E-state index contributed by atoms with van der Waals surface area (Å²) in [5.41, 5.74) is 4.12. The van der Waals surface area contributed by atoms with Crippen LogP contribution in [0.2, 0.25) is 0 Å². The second-order valence-electron chi connectivity index (χ2n) is 7.83. The van der Waals surface area contributed by atoms with E-state index >= 15 is 0 Å².